The van der Waals surface area contributed by atoms with E-state index < -0.39 is 0 Å². The Morgan fingerprint density at radius 2 is 1.75 bits per heavy atom. The summed E-state index contributed by atoms with van der Waals surface area (Å²) in [7, 11) is 0. The highest BCUT2D eigenvalue weighted by molar-refractivity contribution is 5.66. The van der Waals surface area contributed by atoms with Crippen LogP contribution in [0.1, 0.15) is 106 Å². The molecule has 5 rings (SSSR count). The molecule has 4 aliphatic carbocycles. The molecule has 0 unspecified atom stereocenters. The molecule has 5 heteroatoms. The highest BCUT2D eigenvalue weighted by Gasteiger charge is 2.64. The van der Waals surface area contributed by atoms with Crippen LogP contribution >= 0.6 is 0 Å². The number of ether oxygens (including phenoxy) is 3. The summed E-state index contributed by atoms with van der Waals surface area (Å²) in [5.74, 6) is 4.89. The van der Waals surface area contributed by atoms with Crippen molar-refractivity contribution in [1.82, 2.24) is 0 Å². The zero-order valence-electron chi connectivity index (χ0n) is 23.4. The minimum Gasteiger partial charge on any atom is -0.494 e. The summed E-state index contributed by atoms with van der Waals surface area (Å²) >= 11 is 0. The number of hydrogen-bond acceptors (Lipinski definition) is 5. The number of rotatable bonds is 6. The molecular formula is C31H48O5. The molecule has 0 aromatic rings. The summed E-state index contributed by atoms with van der Waals surface area (Å²) in [6, 6.07) is 0. The predicted molar refractivity (Wildman–Crippen MR) is 139 cm³/mol. The Balaban J connectivity index is 1.26. The maximum Gasteiger partial charge on any atom is 0.302 e. The van der Waals surface area contributed by atoms with E-state index >= 15 is 0 Å². The number of allylic oxidation sites excluding steroid dienone is 1. The topological polar surface area (TPSA) is 61.8 Å². The van der Waals surface area contributed by atoms with Crippen molar-refractivity contribution in [2.75, 3.05) is 6.61 Å². The third-order valence-electron chi connectivity index (χ3n) is 11.6. The highest BCUT2D eigenvalue weighted by Crippen LogP contribution is 2.69. The summed E-state index contributed by atoms with van der Waals surface area (Å²) in [4.78, 5) is 22.7. The van der Waals surface area contributed by atoms with Crippen molar-refractivity contribution in [3.05, 3.63) is 11.3 Å². The van der Waals surface area contributed by atoms with Gasteiger partial charge in [0.25, 0.3) is 0 Å². The van der Waals surface area contributed by atoms with E-state index in [1.165, 1.54) is 56.8 Å². The Kier molecular flexibility index (Phi) is 7.00. The van der Waals surface area contributed by atoms with E-state index in [2.05, 4.69) is 27.7 Å². The van der Waals surface area contributed by atoms with Crippen molar-refractivity contribution in [3.8, 4) is 0 Å². The average Bonchev–Trinajstić information content (AvgIpc) is 3.29. The van der Waals surface area contributed by atoms with E-state index in [1.807, 2.05) is 0 Å². The number of hydrogen-bond donors (Lipinski definition) is 0. The van der Waals surface area contributed by atoms with Gasteiger partial charge < -0.3 is 14.2 Å². The van der Waals surface area contributed by atoms with Gasteiger partial charge in [-0.05, 0) is 111 Å². The Bertz CT molecular complexity index is 909. The first kappa shape index (κ1) is 26.1. The van der Waals surface area contributed by atoms with Crippen molar-refractivity contribution in [3.63, 3.8) is 0 Å². The van der Waals surface area contributed by atoms with Gasteiger partial charge in [0.1, 0.15) is 12.2 Å². The lowest BCUT2D eigenvalue weighted by Gasteiger charge is -2.61. The zero-order valence-corrected chi connectivity index (χ0v) is 23.4. The van der Waals surface area contributed by atoms with Crippen LogP contribution in [0.2, 0.25) is 0 Å². The van der Waals surface area contributed by atoms with E-state index in [0.717, 1.165) is 43.4 Å². The van der Waals surface area contributed by atoms with Gasteiger partial charge in [-0.15, -0.1) is 0 Å². The number of esters is 2. The van der Waals surface area contributed by atoms with Gasteiger partial charge in [-0.3, -0.25) is 9.59 Å². The summed E-state index contributed by atoms with van der Waals surface area (Å²) in [5, 5.41) is 0. The summed E-state index contributed by atoms with van der Waals surface area (Å²) < 4.78 is 17.6. The van der Waals surface area contributed by atoms with E-state index in [4.69, 9.17) is 14.2 Å². The van der Waals surface area contributed by atoms with Crippen LogP contribution in [0.3, 0.4) is 0 Å². The van der Waals surface area contributed by atoms with Crippen molar-refractivity contribution < 1.29 is 23.8 Å². The van der Waals surface area contributed by atoms with Crippen LogP contribution < -0.4 is 0 Å². The van der Waals surface area contributed by atoms with Crippen molar-refractivity contribution in [2.24, 2.45) is 46.3 Å². The summed E-state index contributed by atoms with van der Waals surface area (Å²) in [5.41, 5.74) is 2.25. The maximum atomic E-state index is 11.6. The first-order valence-electron chi connectivity index (χ1n) is 14.7. The molecule has 0 aromatic heterocycles. The van der Waals surface area contributed by atoms with Gasteiger partial charge in [0, 0.05) is 26.2 Å². The molecule has 0 N–H and O–H groups in total. The molecule has 36 heavy (non-hydrogen) atoms. The second-order valence-electron chi connectivity index (χ2n) is 13.6. The Morgan fingerprint density at radius 1 is 1.00 bits per heavy atom. The molecule has 1 heterocycles. The van der Waals surface area contributed by atoms with Gasteiger partial charge in [0.15, 0.2) is 0 Å². The average molecular weight is 501 g/mol. The van der Waals surface area contributed by atoms with Gasteiger partial charge in [-0.25, -0.2) is 0 Å². The fraction of sp³-hybridized carbons (Fsp3) is 0.871. The van der Waals surface area contributed by atoms with E-state index in [1.54, 1.807) is 6.92 Å². The fourth-order valence-corrected chi connectivity index (χ4v) is 9.86. The molecule has 0 radical (unpaired) electrons. The largest absolute Gasteiger partial charge is 0.494 e. The number of carbonyl (C=O) groups is 2. The van der Waals surface area contributed by atoms with Crippen LogP contribution in [0.5, 0.6) is 0 Å². The molecule has 5 aliphatic rings. The van der Waals surface area contributed by atoms with Crippen LogP contribution in [0, 0.1) is 46.3 Å². The molecule has 1 aliphatic heterocycles. The molecule has 10 atom stereocenters. The van der Waals surface area contributed by atoms with E-state index in [0.29, 0.717) is 41.3 Å². The first-order chi connectivity index (χ1) is 17.0. The van der Waals surface area contributed by atoms with Crippen LogP contribution in [0.4, 0.5) is 0 Å². The van der Waals surface area contributed by atoms with Crippen LogP contribution in [-0.4, -0.2) is 30.8 Å². The Morgan fingerprint density at radius 3 is 2.47 bits per heavy atom. The molecule has 202 valence electrons. The molecular weight excluding hydrogens is 452 g/mol. The summed E-state index contributed by atoms with van der Waals surface area (Å²) in [6.45, 7) is 13.2. The van der Waals surface area contributed by atoms with Crippen molar-refractivity contribution in [2.45, 2.75) is 118 Å². The molecule has 5 nitrogen and oxygen atoms in total. The third kappa shape index (κ3) is 4.41. The molecule has 4 fully saturated rings. The smallest absolute Gasteiger partial charge is 0.302 e. The molecule has 0 saturated heterocycles. The monoisotopic (exact) mass is 500 g/mol. The van der Waals surface area contributed by atoms with Gasteiger partial charge >= 0.3 is 11.9 Å². The van der Waals surface area contributed by atoms with Crippen molar-refractivity contribution in [1.29, 1.82) is 0 Å². The summed E-state index contributed by atoms with van der Waals surface area (Å²) in [6.07, 6.45) is 12.2. The first-order valence-corrected chi connectivity index (χ1v) is 14.7. The minimum absolute atomic E-state index is 0.120. The van der Waals surface area contributed by atoms with Gasteiger partial charge in [0.2, 0.25) is 0 Å². The predicted octanol–water partition coefficient (Wildman–Crippen LogP) is 6.84. The zero-order chi connectivity index (χ0) is 25.8. The third-order valence-corrected chi connectivity index (χ3v) is 11.6. The second kappa shape index (κ2) is 9.66. The lowest BCUT2D eigenvalue weighted by Crippen LogP contribution is -2.54. The number of carbonyl (C=O) groups excluding carboxylic acids is 2. The molecule has 4 saturated carbocycles. The Labute approximate surface area is 218 Å². The second-order valence-corrected chi connectivity index (χ2v) is 13.6. The van der Waals surface area contributed by atoms with E-state index in [-0.39, 0.29) is 18.0 Å². The SMILES string of the molecule is CC(=O)OC[C@@H](C)CCC1=C(C)[C@H]2[C@H](C[C@H]3[C@@H]4CC[C@@H]5C[C@@H](OC(C)=O)CC[C@]5(C)[C@H]4CC[C@@]32C)O1. The quantitative estimate of drug-likeness (QED) is 0.374. The fourth-order valence-electron chi connectivity index (χ4n) is 9.86. The van der Waals surface area contributed by atoms with Crippen LogP contribution in [0.15, 0.2) is 11.3 Å². The lowest BCUT2D eigenvalue weighted by molar-refractivity contribution is -0.159. The van der Waals surface area contributed by atoms with Gasteiger partial charge in [-0.2, -0.15) is 0 Å². The molecule has 0 aromatic carbocycles. The normalized spacial score (nSPS) is 44.0. The standard InChI is InChI=1S/C31H48O5/c1-18(17-34-20(3)32)7-10-27-19(2)29-28(36-27)16-26-24-9-8-22-15-23(35-21(4)33)11-13-30(22,5)25(24)12-14-31(26,29)6/h18,22-26,28-29H,7-17H2,1-6H3/t18-,22+,23-,24+,25-,26-,28-,29-,30-,31-/m0/s1. The molecule has 0 spiro atoms. The van der Waals surface area contributed by atoms with Crippen molar-refractivity contribution >= 4 is 11.9 Å². The molecule has 0 amide bonds. The van der Waals surface area contributed by atoms with Gasteiger partial charge in [-0.1, -0.05) is 20.8 Å². The molecule has 0 bridgehead atoms. The van der Waals surface area contributed by atoms with Crippen LogP contribution in [-0.2, 0) is 23.8 Å². The van der Waals surface area contributed by atoms with Crippen LogP contribution in [0.25, 0.3) is 0 Å². The van der Waals surface area contributed by atoms with Gasteiger partial charge in [0.05, 0.1) is 12.4 Å². The van der Waals surface area contributed by atoms with E-state index in [9.17, 15) is 9.59 Å². The highest BCUT2D eigenvalue weighted by atomic mass is 16.5. The minimum atomic E-state index is -0.196. The maximum absolute atomic E-state index is 11.6. The number of fused-ring (bicyclic) bond motifs is 7. The Hall–Kier alpha value is -1.52. The lowest BCUT2D eigenvalue weighted by atomic mass is 9.44.